The smallest absolute Gasteiger partial charge is 0.0701 e. The number of hydrogen-bond donors (Lipinski definition) is 2. The molecule has 3 nitrogen and oxygen atoms in total. The SMILES string of the molecule is CNN(NC)c1ccccc1.Cl. The summed E-state index contributed by atoms with van der Waals surface area (Å²) in [5.74, 6) is 0. The molecule has 0 unspecified atom stereocenters. The molecule has 0 aliphatic carbocycles. The Bertz CT molecular complexity index is 199. The van der Waals surface area contributed by atoms with E-state index in [0.717, 1.165) is 5.69 Å². The number of benzene rings is 1. The van der Waals surface area contributed by atoms with E-state index in [1.54, 1.807) is 0 Å². The van der Waals surface area contributed by atoms with E-state index in [1.807, 2.05) is 49.5 Å². The second kappa shape index (κ2) is 5.83. The van der Waals surface area contributed by atoms with Crippen molar-refractivity contribution < 1.29 is 0 Å². The standard InChI is InChI=1S/C8H13N3.ClH/c1-9-11(10-2)8-6-4-3-5-7-8;/h3-7,9-10H,1-2H3;1H. The van der Waals surface area contributed by atoms with Gasteiger partial charge in [0.1, 0.15) is 0 Å². The molecular weight excluding hydrogens is 174 g/mol. The highest BCUT2D eigenvalue weighted by molar-refractivity contribution is 5.85. The lowest BCUT2D eigenvalue weighted by Gasteiger charge is -2.21. The van der Waals surface area contributed by atoms with Crippen LogP contribution in [0.2, 0.25) is 0 Å². The summed E-state index contributed by atoms with van der Waals surface area (Å²) < 4.78 is 0. The molecule has 0 amide bonds. The summed E-state index contributed by atoms with van der Waals surface area (Å²) in [6.45, 7) is 0. The third kappa shape index (κ3) is 2.70. The second-order valence-electron chi connectivity index (χ2n) is 2.12. The van der Waals surface area contributed by atoms with Crippen molar-refractivity contribution >= 4 is 18.1 Å². The normalized spacial score (nSPS) is 8.83. The topological polar surface area (TPSA) is 27.3 Å². The summed E-state index contributed by atoms with van der Waals surface area (Å²) in [4.78, 5) is 0. The van der Waals surface area contributed by atoms with E-state index >= 15 is 0 Å². The Morgan fingerprint density at radius 2 is 1.50 bits per heavy atom. The van der Waals surface area contributed by atoms with Crippen molar-refractivity contribution in [2.45, 2.75) is 0 Å². The summed E-state index contributed by atoms with van der Waals surface area (Å²) in [6, 6.07) is 10.0. The lowest BCUT2D eigenvalue weighted by atomic mass is 10.3. The van der Waals surface area contributed by atoms with Crippen LogP contribution in [-0.4, -0.2) is 14.1 Å². The number of hydrazine groups is 2. The minimum atomic E-state index is 0. The van der Waals surface area contributed by atoms with Crippen molar-refractivity contribution in [2.75, 3.05) is 19.2 Å². The molecule has 1 aromatic carbocycles. The van der Waals surface area contributed by atoms with Gasteiger partial charge in [-0.3, -0.25) is 0 Å². The first-order valence-corrected chi connectivity index (χ1v) is 3.58. The molecular formula is C8H14ClN3. The Balaban J connectivity index is 0.00000121. The van der Waals surface area contributed by atoms with E-state index in [-0.39, 0.29) is 12.4 Å². The molecule has 0 aliphatic rings. The van der Waals surface area contributed by atoms with Crippen molar-refractivity contribution in [1.29, 1.82) is 0 Å². The Kier molecular flexibility index (Phi) is 5.45. The summed E-state index contributed by atoms with van der Waals surface area (Å²) in [5.41, 5.74) is 7.08. The van der Waals surface area contributed by atoms with Crippen LogP contribution in [0, 0.1) is 0 Å². The molecule has 0 radical (unpaired) electrons. The van der Waals surface area contributed by atoms with E-state index in [9.17, 15) is 0 Å². The van der Waals surface area contributed by atoms with Gasteiger partial charge in [-0.25, -0.2) is 16.0 Å². The number of nitrogens with zero attached hydrogens (tertiary/aromatic N) is 1. The predicted octanol–water partition coefficient (Wildman–Crippen LogP) is 1.18. The second-order valence-corrected chi connectivity index (χ2v) is 2.12. The number of hydrogen-bond acceptors (Lipinski definition) is 3. The van der Waals surface area contributed by atoms with Gasteiger partial charge in [0.2, 0.25) is 0 Å². The first kappa shape index (κ1) is 11.2. The van der Waals surface area contributed by atoms with Crippen molar-refractivity contribution in [3.63, 3.8) is 0 Å². The number of nitrogens with one attached hydrogen (secondary N) is 2. The Morgan fingerprint density at radius 1 is 1.00 bits per heavy atom. The molecule has 0 heterocycles. The molecule has 2 N–H and O–H groups in total. The molecule has 4 heteroatoms. The molecule has 0 fully saturated rings. The maximum atomic E-state index is 2.99. The highest BCUT2D eigenvalue weighted by atomic mass is 35.5. The van der Waals surface area contributed by atoms with Crippen molar-refractivity contribution in [1.82, 2.24) is 10.9 Å². The number of rotatable bonds is 3. The molecule has 0 aliphatic heterocycles. The van der Waals surface area contributed by atoms with E-state index < -0.39 is 0 Å². The first-order valence-electron chi connectivity index (χ1n) is 3.58. The fourth-order valence-corrected chi connectivity index (χ4v) is 0.947. The predicted molar refractivity (Wildman–Crippen MR) is 54.3 cm³/mol. The molecule has 12 heavy (non-hydrogen) atoms. The van der Waals surface area contributed by atoms with E-state index in [1.165, 1.54) is 0 Å². The average molecular weight is 188 g/mol. The van der Waals surface area contributed by atoms with Gasteiger partial charge in [-0.15, -0.1) is 12.4 Å². The van der Waals surface area contributed by atoms with Crippen LogP contribution >= 0.6 is 12.4 Å². The van der Waals surface area contributed by atoms with Gasteiger partial charge in [-0.2, -0.15) is 0 Å². The van der Waals surface area contributed by atoms with E-state index in [0.29, 0.717) is 0 Å². The van der Waals surface area contributed by atoms with Gasteiger partial charge in [-0.05, 0) is 12.1 Å². The van der Waals surface area contributed by atoms with Gasteiger partial charge < -0.3 is 0 Å². The van der Waals surface area contributed by atoms with Gasteiger partial charge in [0, 0.05) is 14.1 Å². The summed E-state index contributed by atoms with van der Waals surface area (Å²) >= 11 is 0. The van der Waals surface area contributed by atoms with Crippen molar-refractivity contribution in [3.05, 3.63) is 30.3 Å². The minimum absolute atomic E-state index is 0. The monoisotopic (exact) mass is 187 g/mol. The number of para-hydroxylation sites is 1. The fraction of sp³-hybridized carbons (Fsp3) is 0.250. The zero-order valence-electron chi connectivity index (χ0n) is 7.24. The molecule has 0 spiro atoms. The zero-order valence-corrected chi connectivity index (χ0v) is 8.06. The Morgan fingerprint density at radius 3 is 1.92 bits per heavy atom. The quantitative estimate of drug-likeness (QED) is 0.697. The van der Waals surface area contributed by atoms with Crippen LogP contribution in [0.3, 0.4) is 0 Å². The van der Waals surface area contributed by atoms with Crippen LogP contribution in [-0.2, 0) is 0 Å². The molecule has 68 valence electrons. The third-order valence-electron chi connectivity index (χ3n) is 1.46. The van der Waals surface area contributed by atoms with Gasteiger partial charge in [0.05, 0.1) is 5.69 Å². The molecule has 0 saturated heterocycles. The number of anilines is 1. The molecule has 0 aromatic heterocycles. The Hall–Kier alpha value is -0.770. The van der Waals surface area contributed by atoms with Crippen molar-refractivity contribution in [3.8, 4) is 0 Å². The zero-order chi connectivity index (χ0) is 8.10. The number of halogens is 1. The lowest BCUT2D eigenvalue weighted by Crippen LogP contribution is -2.44. The van der Waals surface area contributed by atoms with Gasteiger partial charge in [0.25, 0.3) is 0 Å². The maximum absolute atomic E-state index is 2.99. The lowest BCUT2D eigenvalue weighted by molar-refractivity contribution is 0.624. The fourth-order valence-electron chi connectivity index (χ4n) is 0.947. The van der Waals surface area contributed by atoms with Crippen LogP contribution in [0.4, 0.5) is 5.69 Å². The summed E-state index contributed by atoms with van der Waals surface area (Å²) in [6.07, 6.45) is 0. The largest absolute Gasteiger partial charge is 0.242 e. The van der Waals surface area contributed by atoms with E-state index in [4.69, 9.17) is 0 Å². The summed E-state index contributed by atoms with van der Waals surface area (Å²) in [5, 5.41) is 1.83. The Labute approximate surface area is 79.1 Å². The molecule has 0 bridgehead atoms. The maximum Gasteiger partial charge on any atom is 0.0701 e. The molecule has 0 atom stereocenters. The van der Waals surface area contributed by atoms with Crippen molar-refractivity contribution in [2.24, 2.45) is 0 Å². The average Bonchev–Trinajstić information content (AvgIpc) is 2.09. The molecule has 0 saturated carbocycles. The third-order valence-corrected chi connectivity index (χ3v) is 1.46. The summed E-state index contributed by atoms with van der Waals surface area (Å²) in [7, 11) is 3.73. The van der Waals surface area contributed by atoms with Gasteiger partial charge in [-0.1, -0.05) is 18.2 Å². The van der Waals surface area contributed by atoms with Crippen LogP contribution in [0.1, 0.15) is 0 Å². The highest BCUT2D eigenvalue weighted by Crippen LogP contribution is 2.06. The van der Waals surface area contributed by atoms with Crippen LogP contribution in [0.5, 0.6) is 0 Å². The molecule has 1 aromatic rings. The van der Waals surface area contributed by atoms with Crippen LogP contribution < -0.4 is 16.0 Å². The minimum Gasteiger partial charge on any atom is -0.242 e. The van der Waals surface area contributed by atoms with E-state index in [2.05, 4.69) is 10.9 Å². The van der Waals surface area contributed by atoms with Gasteiger partial charge >= 0.3 is 0 Å². The highest BCUT2D eigenvalue weighted by Gasteiger charge is 1.96. The van der Waals surface area contributed by atoms with Crippen LogP contribution in [0.25, 0.3) is 0 Å². The van der Waals surface area contributed by atoms with Crippen LogP contribution in [0.15, 0.2) is 30.3 Å². The van der Waals surface area contributed by atoms with Gasteiger partial charge in [0.15, 0.2) is 0 Å². The molecule has 1 rings (SSSR count). The first-order chi connectivity index (χ1) is 5.38.